The summed E-state index contributed by atoms with van der Waals surface area (Å²) in [6.45, 7) is 4.88. The number of rotatable bonds is 6. The van der Waals surface area contributed by atoms with Crippen LogP contribution in [-0.2, 0) is 6.54 Å². The number of imidazole rings is 1. The molecule has 0 amide bonds. The molecule has 7 heteroatoms. The molecule has 2 aromatic heterocycles. The number of hydrogen-bond donors (Lipinski definition) is 1. The first-order valence-corrected chi connectivity index (χ1v) is 11.9. The fourth-order valence-corrected chi connectivity index (χ4v) is 4.64. The van der Waals surface area contributed by atoms with Gasteiger partial charge in [-0.2, -0.15) is 5.26 Å². The summed E-state index contributed by atoms with van der Waals surface area (Å²) in [5.74, 6) is 1.41. The van der Waals surface area contributed by atoms with Crippen LogP contribution in [0.5, 0.6) is 11.5 Å². The van der Waals surface area contributed by atoms with Gasteiger partial charge in [0.25, 0.3) is 0 Å². The highest BCUT2D eigenvalue weighted by Gasteiger charge is 2.19. The topological polar surface area (TPSA) is 74.8 Å². The molecule has 1 aliphatic rings. The summed E-state index contributed by atoms with van der Waals surface area (Å²) in [5.41, 5.74) is 6.78. The number of aromatic nitrogens is 2. The predicted octanol–water partition coefficient (Wildman–Crippen LogP) is 4.35. The van der Waals surface area contributed by atoms with Gasteiger partial charge in [-0.1, -0.05) is 18.2 Å². The lowest BCUT2D eigenvalue weighted by Gasteiger charge is -2.20. The van der Waals surface area contributed by atoms with Gasteiger partial charge in [-0.15, -0.1) is 0 Å². The lowest BCUT2D eigenvalue weighted by Crippen LogP contribution is -2.28. The molecule has 4 aromatic rings. The second-order valence-electron chi connectivity index (χ2n) is 8.69. The van der Waals surface area contributed by atoms with Gasteiger partial charge in [0, 0.05) is 31.4 Å². The Labute approximate surface area is 205 Å². The van der Waals surface area contributed by atoms with Crippen molar-refractivity contribution in [2.75, 3.05) is 40.4 Å². The molecule has 0 aliphatic carbocycles. The van der Waals surface area contributed by atoms with Gasteiger partial charge < -0.3 is 19.2 Å². The summed E-state index contributed by atoms with van der Waals surface area (Å²) < 4.78 is 13.1. The number of benzene rings is 2. The first-order valence-electron chi connectivity index (χ1n) is 11.9. The number of nitrogens with one attached hydrogen (secondary N) is 1. The van der Waals surface area contributed by atoms with Crippen LogP contribution in [0, 0.1) is 11.3 Å². The van der Waals surface area contributed by atoms with Gasteiger partial charge in [0.05, 0.1) is 37.2 Å². The molecular weight excluding hydrogens is 438 g/mol. The minimum atomic E-state index is 0.647. The largest absolute Gasteiger partial charge is 0.493 e. The van der Waals surface area contributed by atoms with Gasteiger partial charge >= 0.3 is 0 Å². The highest BCUT2D eigenvalue weighted by Crippen LogP contribution is 2.33. The van der Waals surface area contributed by atoms with Crippen LogP contribution in [0.1, 0.15) is 17.7 Å². The molecule has 1 fully saturated rings. The molecule has 0 spiro atoms. The van der Waals surface area contributed by atoms with E-state index < -0.39 is 0 Å². The lowest BCUT2D eigenvalue weighted by atomic mass is 10.1. The molecule has 5 rings (SSSR count). The maximum atomic E-state index is 9.22. The average molecular weight is 468 g/mol. The third kappa shape index (κ3) is 4.72. The minimum Gasteiger partial charge on any atom is -0.493 e. The number of methoxy groups -OCH3 is 2. The van der Waals surface area contributed by atoms with Crippen LogP contribution in [0.3, 0.4) is 0 Å². The van der Waals surface area contributed by atoms with Crippen LogP contribution >= 0.6 is 0 Å². The summed E-state index contributed by atoms with van der Waals surface area (Å²) in [5, 5.41) is 12.7. The minimum absolute atomic E-state index is 0.647. The molecule has 0 saturated carbocycles. The molecule has 35 heavy (non-hydrogen) atoms. The number of hydrogen-bond acceptors (Lipinski definition) is 6. The quantitative estimate of drug-likeness (QED) is 0.454. The van der Waals surface area contributed by atoms with E-state index in [1.54, 1.807) is 14.2 Å². The third-order valence-electron chi connectivity index (χ3n) is 6.53. The smallest absolute Gasteiger partial charge is 0.161 e. The van der Waals surface area contributed by atoms with Gasteiger partial charge in [0.2, 0.25) is 0 Å². The zero-order valence-corrected chi connectivity index (χ0v) is 20.1. The molecule has 0 bridgehead atoms. The fourth-order valence-electron chi connectivity index (χ4n) is 4.64. The highest BCUT2D eigenvalue weighted by atomic mass is 16.5. The first kappa shape index (κ1) is 22.9. The Bertz CT molecular complexity index is 1360. The highest BCUT2D eigenvalue weighted by molar-refractivity contribution is 5.72. The van der Waals surface area contributed by atoms with E-state index in [4.69, 9.17) is 14.5 Å². The van der Waals surface area contributed by atoms with Crippen molar-refractivity contribution in [1.29, 1.82) is 5.26 Å². The Morgan fingerprint density at radius 2 is 1.69 bits per heavy atom. The fraction of sp³-hybridized carbons (Fsp3) is 0.286. The van der Waals surface area contributed by atoms with Crippen molar-refractivity contribution in [1.82, 2.24) is 19.6 Å². The zero-order valence-electron chi connectivity index (χ0n) is 20.1. The predicted molar refractivity (Wildman–Crippen MR) is 137 cm³/mol. The molecular formula is C28H29N5O2. The molecule has 1 aliphatic heterocycles. The van der Waals surface area contributed by atoms with E-state index >= 15 is 0 Å². The molecule has 178 valence electrons. The second-order valence-corrected chi connectivity index (χ2v) is 8.69. The van der Waals surface area contributed by atoms with Crippen molar-refractivity contribution in [3.8, 4) is 40.0 Å². The molecule has 0 radical (unpaired) electrons. The number of nitriles is 1. The Hall–Kier alpha value is -3.86. The van der Waals surface area contributed by atoms with Gasteiger partial charge in [-0.05, 0) is 67.0 Å². The summed E-state index contributed by atoms with van der Waals surface area (Å²) >= 11 is 0. The summed E-state index contributed by atoms with van der Waals surface area (Å²) in [4.78, 5) is 7.50. The Morgan fingerprint density at radius 3 is 2.46 bits per heavy atom. The number of nitrogens with zero attached hydrogens (tertiary/aromatic N) is 4. The van der Waals surface area contributed by atoms with Crippen molar-refractivity contribution < 1.29 is 9.47 Å². The molecule has 0 atom stereocenters. The lowest BCUT2D eigenvalue weighted by molar-refractivity contribution is 0.281. The van der Waals surface area contributed by atoms with Crippen LogP contribution in [0.2, 0.25) is 0 Å². The van der Waals surface area contributed by atoms with Crippen molar-refractivity contribution in [2.45, 2.75) is 13.0 Å². The van der Waals surface area contributed by atoms with E-state index in [1.165, 1.54) is 0 Å². The van der Waals surface area contributed by atoms with Crippen molar-refractivity contribution in [3.63, 3.8) is 0 Å². The monoisotopic (exact) mass is 467 g/mol. The Morgan fingerprint density at radius 1 is 0.914 bits per heavy atom. The number of pyridine rings is 1. The maximum absolute atomic E-state index is 9.22. The number of ether oxygens (including phenoxy) is 2. The molecule has 0 unspecified atom stereocenters. The Balaban J connectivity index is 1.61. The Kier molecular flexibility index (Phi) is 6.66. The number of fused-ring (bicyclic) bond motifs is 1. The summed E-state index contributed by atoms with van der Waals surface area (Å²) in [7, 11) is 3.29. The van der Waals surface area contributed by atoms with E-state index in [2.05, 4.69) is 39.0 Å². The van der Waals surface area contributed by atoms with Gasteiger partial charge in [-0.3, -0.25) is 4.90 Å². The summed E-state index contributed by atoms with van der Waals surface area (Å²) in [6, 6.07) is 20.0. The molecule has 7 nitrogen and oxygen atoms in total. The van der Waals surface area contributed by atoms with Gasteiger partial charge in [0.15, 0.2) is 11.5 Å². The maximum Gasteiger partial charge on any atom is 0.161 e. The van der Waals surface area contributed by atoms with E-state index in [-0.39, 0.29) is 0 Å². The molecule has 1 N–H and O–H groups in total. The van der Waals surface area contributed by atoms with Crippen LogP contribution in [-0.4, -0.2) is 54.7 Å². The molecule has 2 aromatic carbocycles. The zero-order chi connectivity index (χ0) is 24.2. The van der Waals surface area contributed by atoms with Crippen LogP contribution < -0.4 is 14.8 Å². The van der Waals surface area contributed by atoms with Crippen molar-refractivity contribution in [2.24, 2.45) is 0 Å². The summed E-state index contributed by atoms with van der Waals surface area (Å²) in [6.07, 6.45) is 3.28. The normalized spacial score (nSPS) is 14.4. The SMILES string of the molecule is COc1ccc(-c2ccc3nc(-c4ccc(C#N)cc4)c(CN4CCCNCC4)n3c2)cc1OC. The van der Waals surface area contributed by atoms with Crippen LogP contribution in [0.4, 0.5) is 0 Å². The second kappa shape index (κ2) is 10.2. The van der Waals surface area contributed by atoms with Gasteiger partial charge in [-0.25, -0.2) is 4.98 Å². The van der Waals surface area contributed by atoms with Crippen molar-refractivity contribution in [3.05, 3.63) is 72.1 Å². The van der Waals surface area contributed by atoms with Crippen molar-refractivity contribution >= 4 is 5.65 Å². The van der Waals surface area contributed by atoms with Crippen LogP contribution in [0.25, 0.3) is 28.0 Å². The first-order chi connectivity index (χ1) is 17.2. The third-order valence-corrected chi connectivity index (χ3v) is 6.53. The average Bonchev–Trinajstić information content (AvgIpc) is 3.06. The van der Waals surface area contributed by atoms with Crippen LogP contribution in [0.15, 0.2) is 60.8 Å². The van der Waals surface area contributed by atoms with Gasteiger partial charge in [0.1, 0.15) is 5.65 Å². The molecule has 3 heterocycles. The van der Waals surface area contributed by atoms with E-state index in [1.807, 2.05) is 42.5 Å². The standard InChI is InChI=1S/C28H29N5O2/c1-34-25-10-8-22(16-26(25)35-2)23-9-11-27-31-28(21-6-4-20(17-29)5-7-21)24(33(27)18-23)19-32-14-3-12-30-13-15-32/h4-11,16,18,30H,3,12-15,19H2,1-2H3. The van der Waals surface area contributed by atoms with E-state index in [0.717, 1.165) is 72.9 Å². The van der Waals surface area contributed by atoms with E-state index in [0.29, 0.717) is 17.1 Å². The molecule has 1 saturated heterocycles. The van der Waals surface area contributed by atoms with E-state index in [9.17, 15) is 5.26 Å².